The van der Waals surface area contributed by atoms with Crippen LogP contribution in [-0.4, -0.2) is 41.8 Å². The number of aromatic hydroxyl groups is 1. The predicted octanol–water partition coefficient (Wildman–Crippen LogP) is 0.812. The minimum atomic E-state index is -0.426. The molecular weight excluding hydrogens is 330 g/mol. The normalized spacial score (nSPS) is 16.6. The Kier molecular flexibility index (Phi) is 6.01. The van der Waals surface area contributed by atoms with Crippen LogP contribution < -0.4 is 15.8 Å². The van der Waals surface area contributed by atoms with Crippen molar-refractivity contribution in [3.63, 3.8) is 0 Å². The summed E-state index contributed by atoms with van der Waals surface area (Å²) in [5.74, 6) is -0.502. The zero-order valence-corrected chi connectivity index (χ0v) is 16.1. The number of fused-ring (bicyclic) bond motifs is 1. The van der Waals surface area contributed by atoms with Gasteiger partial charge in [-0.05, 0) is 52.4 Å². The molecule has 1 amide bonds. The molecule has 6 heteroatoms. The van der Waals surface area contributed by atoms with E-state index >= 15 is 0 Å². The summed E-state index contributed by atoms with van der Waals surface area (Å²) in [5, 5.41) is 13.5. The molecule has 0 radical (unpaired) electrons. The Balaban J connectivity index is 1.78. The van der Waals surface area contributed by atoms with Crippen molar-refractivity contribution in [2.75, 3.05) is 26.2 Å². The topological polar surface area (TPSA) is 75.8 Å². The van der Waals surface area contributed by atoms with E-state index < -0.39 is 5.91 Å². The second kappa shape index (κ2) is 8.25. The largest absolute Gasteiger partial charge is 0.507 e. The van der Waals surface area contributed by atoms with Crippen LogP contribution >= 0.6 is 0 Å². The number of pyridine rings is 1. The zero-order chi connectivity index (χ0) is 18.7. The van der Waals surface area contributed by atoms with Gasteiger partial charge in [0.05, 0.1) is 19.6 Å². The van der Waals surface area contributed by atoms with Crippen LogP contribution in [0.15, 0.2) is 4.79 Å². The van der Waals surface area contributed by atoms with Crippen molar-refractivity contribution in [1.82, 2.24) is 9.88 Å². The van der Waals surface area contributed by atoms with Crippen molar-refractivity contribution in [2.45, 2.75) is 64.8 Å². The molecule has 2 aliphatic rings. The van der Waals surface area contributed by atoms with Gasteiger partial charge in [-0.2, -0.15) is 0 Å². The molecule has 1 aromatic rings. The van der Waals surface area contributed by atoms with Crippen LogP contribution in [-0.2, 0) is 12.8 Å². The van der Waals surface area contributed by atoms with Crippen LogP contribution in [0.3, 0.4) is 0 Å². The van der Waals surface area contributed by atoms with E-state index in [1.54, 1.807) is 0 Å². The Morgan fingerprint density at radius 1 is 1.23 bits per heavy atom. The van der Waals surface area contributed by atoms with Gasteiger partial charge in [0.1, 0.15) is 11.3 Å². The number of amides is 1. The summed E-state index contributed by atoms with van der Waals surface area (Å²) in [4.78, 5) is 27.1. The highest BCUT2D eigenvalue weighted by Gasteiger charge is 2.33. The third-order valence-corrected chi connectivity index (χ3v) is 5.82. The van der Waals surface area contributed by atoms with Crippen molar-refractivity contribution in [3.8, 4) is 5.75 Å². The second-order valence-corrected chi connectivity index (χ2v) is 7.58. The second-order valence-electron chi connectivity index (χ2n) is 7.58. The summed E-state index contributed by atoms with van der Waals surface area (Å²) in [6.45, 7) is 7.98. The number of hydrogen-bond acceptors (Lipinski definition) is 3. The minimum Gasteiger partial charge on any atom is -0.507 e. The highest BCUT2D eigenvalue weighted by Crippen LogP contribution is 2.39. The lowest BCUT2D eigenvalue weighted by Crippen LogP contribution is -3.11. The van der Waals surface area contributed by atoms with Crippen LogP contribution in [0.25, 0.3) is 0 Å². The quantitative estimate of drug-likeness (QED) is 0.599. The molecular formula is C20H32N3O3+. The van der Waals surface area contributed by atoms with Gasteiger partial charge >= 0.3 is 0 Å². The minimum absolute atomic E-state index is 0.0484. The van der Waals surface area contributed by atoms with Crippen molar-refractivity contribution in [1.29, 1.82) is 0 Å². The molecule has 0 unspecified atom stereocenters. The van der Waals surface area contributed by atoms with Crippen molar-refractivity contribution >= 4 is 5.91 Å². The maximum Gasteiger partial charge on any atom is 0.267 e. The van der Waals surface area contributed by atoms with E-state index in [4.69, 9.17) is 0 Å². The van der Waals surface area contributed by atoms with Crippen molar-refractivity contribution in [2.24, 2.45) is 0 Å². The Labute approximate surface area is 155 Å². The number of carbonyl (C=O) groups excluding carboxylic acids is 1. The molecule has 0 aromatic carbocycles. The van der Waals surface area contributed by atoms with Gasteiger partial charge in [0, 0.05) is 30.3 Å². The van der Waals surface area contributed by atoms with Crippen LogP contribution in [0.5, 0.6) is 5.75 Å². The first-order valence-corrected chi connectivity index (χ1v) is 10.2. The lowest BCUT2D eigenvalue weighted by Gasteiger charge is -2.23. The first kappa shape index (κ1) is 19.0. The SMILES string of the molecule is CC[NH+](CC)CCCNC(=O)c1c(O)c2c(n(C3CC3)c1=O)CCCC2. The van der Waals surface area contributed by atoms with E-state index in [2.05, 4.69) is 19.2 Å². The Bertz CT molecular complexity index is 718. The van der Waals surface area contributed by atoms with Gasteiger partial charge in [-0.15, -0.1) is 0 Å². The average molecular weight is 362 g/mol. The monoisotopic (exact) mass is 362 g/mol. The average Bonchev–Trinajstić information content (AvgIpc) is 3.47. The number of nitrogens with one attached hydrogen (secondary N) is 2. The van der Waals surface area contributed by atoms with E-state index in [1.807, 2.05) is 4.57 Å². The summed E-state index contributed by atoms with van der Waals surface area (Å²) in [6.07, 6.45) is 6.46. The first-order chi connectivity index (χ1) is 12.6. The van der Waals surface area contributed by atoms with E-state index in [0.717, 1.165) is 75.8 Å². The third kappa shape index (κ3) is 3.80. The molecule has 3 N–H and O–H groups in total. The van der Waals surface area contributed by atoms with Crippen molar-refractivity contribution in [3.05, 3.63) is 27.2 Å². The number of rotatable bonds is 8. The molecule has 0 bridgehead atoms. The molecule has 0 atom stereocenters. The lowest BCUT2D eigenvalue weighted by molar-refractivity contribution is -0.896. The van der Waals surface area contributed by atoms with Gasteiger partial charge in [0.25, 0.3) is 11.5 Å². The molecule has 0 saturated heterocycles. The van der Waals surface area contributed by atoms with Gasteiger partial charge in [-0.25, -0.2) is 0 Å². The molecule has 6 nitrogen and oxygen atoms in total. The zero-order valence-electron chi connectivity index (χ0n) is 16.1. The van der Waals surface area contributed by atoms with E-state index in [9.17, 15) is 14.7 Å². The Morgan fingerprint density at radius 3 is 2.58 bits per heavy atom. The molecule has 26 heavy (non-hydrogen) atoms. The molecule has 0 aliphatic heterocycles. The maximum atomic E-state index is 13.0. The highest BCUT2D eigenvalue weighted by atomic mass is 16.3. The van der Waals surface area contributed by atoms with Crippen LogP contribution in [0.1, 0.15) is 73.6 Å². The lowest BCUT2D eigenvalue weighted by atomic mass is 9.93. The summed E-state index contributed by atoms with van der Waals surface area (Å²) < 4.78 is 1.81. The van der Waals surface area contributed by atoms with Gasteiger partial charge in [0.2, 0.25) is 0 Å². The van der Waals surface area contributed by atoms with Crippen LogP contribution in [0.2, 0.25) is 0 Å². The molecule has 1 heterocycles. The molecule has 144 valence electrons. The fourth-order valence-electron chi connectivity index (χ4n) is 4.06. The van der Waals surface area contributed by atoms with Gasteiger partial charge < -0.3 is 19.9 Å². The molecule has 0 spiro atoms. The van der Waals surface area contributed by atoms with E-state index in [-0.39, 0.29) is 22.9 Å². The summed E-state index contributed by atoms with van der Waals surface area (Å²) >= 11 is 0. The summed E-state index contributed by atoms with van der Waals surface area (Å²) in [5.41, 5.74) is 1.42. The number of hydrogen-bond donors (Lipinski definition) is 3. The van der Waals surface area contributed by atoms with E-state index in [0.29, 0.717) is 6.54 Å². The maximum absolute atomic E-state index is 13.0. The molecule has 1 aromatic heterocycles. The fraction of sp³-hybridized carbons (Fsp3) is 0.700. The molecule has 1 fully saturated rings. The number of aromatic nitrogens is 1. The fourth-order valence-corrected chi connectivity index (χ4v) is 4.06. The van der Waals surface area contributed by atoms with Crippen LogP contribution in [0, 0.1) is 0 Å². The smallest absolute Gasteiger partial charge is 0.267 e. The van der Waals surface area contributed by atoms with Gasteiger partial charge in [-0.3, -0.25) is 9.59 Å². The Morgan fingerprint density at radius 2 is 1.92 bits per heavy atom. The number of quaternary nitrogens is 1. The van der Waals surface area contributed by atoms with E-state index in [1.165, 1.54) is 4.90 Å². The number of carbonyl (C=O) groups is 1. The molecule has 3 rings (SSSR count). The van der Waals surface area contributed by atoms with Gasteiger partial charge in [0.15, 0.2) is 0 Å². The third-order valence-electron chi connectivity index (χ3n) is 5.82. The van der Waals surface area contributed by atoms with Gasteiger partial charge in [-0.1, -0.05) is 0 Å². The number of nitrogens with zero attached hydrogens (tertiary/aromatic N) is 1. The Hall–Kier alpha value is -1.82. The standard InChI is InChI=1S/C20H31N3O3/c1-3-22(4-2)13-7-12-21-19(25)17-18(24)15-8-5-6-9-16(15)23(20(17)26)14-10-11-14/h14,24H,3-13H2,1-2H3,(H,21,25)/p+1. The predicted molar refractivity (Wildman–Crippen MR) is 101 cm³/mol. The highest BCUT2D eigenvalue weighted by molar-refractivity contribution is 5.97. The summed E-state index contributed by atoms with van der Waals surface area (Å²) in [6, 6.07) is 0.216. The summed E-state index contributed by atoms with van der Waals surface area (Å²) in [7, 11) is 0. The van der Waals surface area contributed by atoms with Crippen molar-refractivity contribution < 1.29 is 14.8 Å². The van der Waals surface area contributed by atoms with Crippen LogP contribution in [0.4, 0.5) is 0 Å². The molecule has 2 aliphatic carbocycles. The first-order valence-electron chi connectivity index (χ1n) is 10.2. The molecule has 1 saturated carbocycles.